The maximum Gasteiger partial charge on any atom is 0.338 e. The van der Waals surface area contributed by atoms with E-state index in [4.69, 9.17) is 0 Å². The van der Waals surface area contributed by atoms with Gasteiger partial charge in [-0.1, -0.05) is 13.3 Å². The van der Waals surface area contributed by atoms with Gasteiger partial charge in [0.15, 0.2) is 0 Å². The number of pyridine rings is 1. The SMILES string of the molecule is CCCC1(O)CN(c2cc(C(=O)OC)ccn2)C1. The number of β-amino-alcohol motifs (C(OH)–C–C–N with tert-alkyl or cyclic N) is 1. The van der Waals surface area contributed by atoms with Crippen molar-refractivity contribution in [2.24, 2.45) is 0 Å². The van der Waals surface area contributed by atoms with Gasteiger partial charge in [-0.3, -0.25) is 0 Å². The highest BCUT2D eigenvalue weighted by Gasteiger charge is 2.40. The molecule has 5 heteroatoms. The average molecular weight is 250 g/mol. The molecule has 0 spiro atoms. The molecule has 0 amide bonds. The minimum Gasteiger partial charge on any atom is -0.465 e. The third-order valence-electron chi connectivity index (χ3n) is 3.18. The number of hydrogen-bond donors (Lipinski definition) is 1. The number of carbonyl (C=O) groups excluding carboxylic acids is 1. The molecule has 98 valence electrons. The highest BCUT2D eigenvalue weighted by molar-refractivity contribution is 5.90. The standard InChI is InChI=1S/C13H18N2O3/c1-3-5-13(17)8-15(9-13)11-7-10(4-6-14-11)12(16)18-2/h4,6-7,17H,3,5,8-9H2,1-2H3. The van der Waals surface area contributed by atoms with E-state index >= 15 is 0 Å². The van der Waals surface area contributed by atoms with Gasteiger partial charge in [0, 0.05) is 19.3 Å². The van der Waals surface area contributed by atoms with Crippen molar-refractivity contribution in [3.05, 3.63) is 23.9 Å². The van der Waals surface area contributed by atoms with Gasteiger partial charge in [0.1, 0.15) is 5.82 Å². The minimum atomic E-state index is -0.600. The van der Waals surface area contributed by atoms with Gasteiger partial charge in [-0.05, 0) is 18.6 Å². The van der Waals surface area contributed by atoms with Crippen LogP contribution in [0.4, 0.5) is 5.82 Å². The Morgan fingerprint density at radius 2 is 2.33 bits per heavy atom. The summed E-state index contributed by atoms with van der Waals surface area (Å²) in [5.41, 5.74) is -0.119. The topological polar surface area (TPSA) is 62.7 Å². The molecule has 18 heavy (non-hydrogen) atoms. The van der Waals surface area contributed by atoms with E-state index in [1.165, 1.54) is 7.11 Å². The second-order valence-corrected chi connectivity index (χ2v) is 4.72. The first-order valence-electron chi connectivity index (χ1n) is 6.10. The zero-order valence-electron chi connectivity index (χ0n) is 10.7. The monoisotopic (exact) mass is 250 g/mol. The summed E-state index contributed by atoms with van der Waals surface area (Å²) in [4.78, 5) is 17.6. The summed E-state index contributed by atoms with van der Waals surface area (Å²) in [5, 5.41) is 10.1. The Bertz CT molecular complexity index is 442. The molecule has 1 aromatic rings. The lowest BCUT2D eigenvalue weighted by Gasteiger charge is -2.47. The van der Waals surface area contributed by atoms with Crippen molar-refractivity contribution in [3.63, 3.8) is 0 Å². The average Bonchev–Trinajstić information content (AvgIpc) is 2.35. The van der Waals surface area contributed by atoms with Gasteiger partial charge >= 0.3 is 5.97 Å². The first-order valence-corrected chi connectivity index (χ1v) is 6.10. The first-order chi connectivity index (χ1) is 8.58. The van der Waals surface area contributed by atoms with Crippen LogP contribution in [0.25, 0.3) is 0 Å². The number of rotatable bonds is 4. The smallest absolute Gasteiger partial charge is 0.338 e. The van der Waals surface area contributed by atoms with Crippen molar-refractivity contribution < 1.29 is 14.6 Å². The number of carbonyl (C=O) groups is 1. The van der Waals surface area contributed by atoms with Crippen LogP contribution >= 0.6 is 0 Å². The minimum absolute atomic E-state index is 0.372. The fraction of sp³-hybridized carbons (Fsp3) is 0.538. The molecule has 1 aliphatic heterocycles. The molecule has 0 saturated carbocycles. The summed E-state index contributed by atoms with van der Waals surface area (Å²) >= 11 is 0. The summed E-state index contributed by atoms with van der Waals surface area (Å²) in [7, 11) is 1.35. The van der Waals surface area contributed by atoms with Gasteiger partial charge in [-0.25, -0.2) is 9.78 Å². The number of ether oxygens (including phenoxy) is 1. The highest BCUT2D eigenvalue weighted by Crippen LogP contribution is 2.29. The van der Waals surface area contributed by atoms with Crippen LogP contribution in [0.1, 0.15) is 30.1 Å². The van der Waals surface area contributed by atoms with Crippen molar-refractivity contribution >= 4 is 11.8 Å². The molecule has 2 heterocycles. The van der Waals surface area contributed by atoms with E-state index in [1.54, 1.807) is 18.3 Å². The van der Waals surface area contributed by atoms with E-state index in [0.717, 1.165) is 12.8 Å². The predicted molar refractivity (Wildman–Crippen MR) is 67.6 cm³/mol. The van der Waals surface area contributed by atoms with E-state index in [1.807, 2.05) is 4.90 Å². The Kier molecular flexibility index (Phi) is 3.52. The number of aliphatic hydroxyl groups is 1. The molecule has 0 aromatic carbocycles. The Labute approximate surface area is 106 Å². The highest BCUT2D eigenvalue weighted by atomic mass is 16.5. The molecule has 1 aliphatic rings. The van der Waals surface area contributed by atoms with Crippen molar-refractivity contribution in [2.45, 2.75) is 25.4 Å². The lowest BCUT2D eigenvalue weighted by Crippen LogP contribution is -2.62. The van der Waals surface area contributed by atoms with Gasteiger partial charge in [-0.2, -0.15) is 0 Å². The van der Waals surface area contributed by atoms with Crippen LogP contribution in [-0.2, 0) is 4.74 Å². The fourth-order valence-electron chi connectivity index (χ4n) is 2.29. The third-order valence-corrected chi connectivity index (χ3v) is 3.18. The Hall–Kier alpha value is -1.62. The summed E-state index contributed by atoms with van der Waals surface area (Å²) in [6.45, 7) is 3.19. The van der Waals surface area contributed by atoms with Crippen LogP contribution in [0.3, 0.4) is 0 Å². The van der Waals surface area contributed by atoms with Gasteiger partial charge in [-0.15, -0.1) is 0 Å². The molecule has 0 atom stereocenters. The summed E-state index contributed by atoms with van der Waals surface area (Å²) in [6, 6.07) is 3.31. The van der Waals surface area contributed by atoms with Crippen LogP contribution in [0.5, 0.6) is 0 Å². The summed E-state index contributed by atoms with van der Waals surface area (Å²) in [5.74, 6) is 0.335. The Balaban J connectivity index is 2.06. The molecule has 1 aromatic heterocycles. The van der Waals surface area contributed by atoms with Gasteiger partial charge < -0.3 is 14.7 Å². The number of hydrogen-bond acceptors (Lipinski definition) is 5. The zero-order valence-corrected chi connectivity index (χ0v) is 10.7. The number of esters is 1. The molecule has 0 unspecified atom stereocenters. The molecule has 5 nitrogen and oxygen atoms in total. The van der Waals surface area contributed by atoms with Crippen LogP contribution < -0.4 is 4.90 Å². The van der Waals surface area contributed by atoms with Crippen molar-refractivity contribution in [1.29, 1.82) is 0 Å². The number of aromatic nitrogens is 1. The van der Waals surface area contributed by atoms with Gasteiger partial charge in [0.25, 0.3) is 0 Å². The van der Waals surface area contributed by atoms with Crippen molar-refractivity contribution in [3.8, 4) is 0 Å². The maximum absolute atomic E-state index is 11.4. The molecule has 0 aliphatic carbocycles. The quantitative estimate of drug-likeness (QED) is 0.814. The zero-order chi connectivity index (χ0) is 13.2. The maximum atomic E-state index is 11.4. The molecule has 1 fully saturated rings. The molecule has 0 bridgehead atoms. The number of methoxy groups -OCH3 is 1. The van der Waals surface area contributed by atoms with Crippen LogP contribution in [0.2, 0.25) is 0 Å². The Morgan fingerprint density at radius 1 is 1.61 bits per heavy atom. The van der Waals surface area contributed by atoms with Crippen molar-refractivity contribution in [1.82, 2.24) is 4.98 Å². The van der Waals surface area contributed by atoms with E-state index in [0.29, 0.717) is 24.5 Å². The van der Waals surface area contributed by atoms with Gasteiger partial charge in [0.2, 0.25) is 0 Å². The number of nitrogens with zero attached hydrogens (tertiary/aromatic N) is 2. The second-order valence-electron chi connectivity index (χ2n) is 4.72. The molecular formula is C13H18N2O3. The van der Waals surface area contributed by atoms with Gasteiger partial charge in [0.05, 0.1) is 18.3 Å². The predicted octanol–water partition coefficient (Wildman–Crippen LogP) is 1.22. The summed E-state index contributed by atoms with van der Waals surface area (Å²) in [6.07, 6.45) is 3.33. The summed E-state index contributed by atoms with van der Waals surface area (Å²) < 4.78 is 4.67. The molecular weight excluding hydrogens is 232 g/mol. The van der Waals surface area contributed by atoms with Crippen LogP contribution in [0, 0.1) is 0 Å². The van der Waals surface area contributed by atoms with E-state index in [9.17, 15) is 9.90 Å². The second kappa shape index (κ2) is 4.94. The van der Waals surface area contributed by atoms with E-state index in [2.05, 4.69) is 16.6 Å². The number of anilines is 1. The lowest BCUT2D eigenvalue weighted by atomic mass is 9.89. The van der Waals surface area contributed by atoms with Crippen LogP contribution in [0.15, 0.2) is 18.3 Å². The molecule has 1 saturated heterocycles. The first kappa shape index (κ1) is 12.8. The van der Waals surface area contributed by atoms with E-state index < -0.39 is 5.60 Å². The molecule has 1 N–H and O–H groups in total. The van der Waals surface area contributed by atoms with Crippen molar-refractivity contribution in [2.75, 3.05) is 25.1 Å². The van der Waals surface area contributed by atoms with Crippen LogP contribution in [-0.4, -0.2) is 41.9 Å². The fourth-order valence-corrected chi connectivity index (χ4v) is 2.29. The lowest BCUT2D eigenvalue weighted by molar-refractivity contribution is 0.00294. The Morgan fingerprint density at radius 3 is 2.94 bits per heavy atom. The molecule has 0 radical (unpaired) electrons. The molecule has 2 rings (SSSR count). The normalized spacial score (nSPS) is 17.2. The largest absolute Gasteiger partial charge is 0.465 e. The van der Waals surface area contributed by atoms with E-state index in [-0.39, 0.29) is 5.97 Å². The third kappa shape index (κ3) is 2.46.